The predicted molar refractivity (Wildman–Crippen MR) is 67.6 cm³/mol. The number of thiocarbonyl (C=S) groups is 1. The average Bonchev–Trinajstić information content (AvgIpc) is 2.17. The SMILES string of the molecule is CC(C)(NS(=O)(=O)c1ccccc1)C(N)=S. The van der Waals surface area contributed by atoms with E-state index in [9.17, 15) is 8.42 Å². The fourth-order valence-corrected chi connectivity index (χ4v) is 2.58. The third kappa shape index (κ3) is 3.01. The highest BCUT2D eigenvalue weighted by atomic mass is 32.2. The van der Waals surface area contributed by atoms with Crippen molar-refractivity contribution in [2.24, 2.45) is 5.73 Å². The molecule has 1 rings (SSSR count). The zero-order chi connectivity index (χ0) is 12.4. The van der Waals surface area contributed by atoms with Crippen molar-refractivity contribution in [2.45, 2.75) is 24.3 Å². The van der Waals surface area contributed by atoms with Crippen LogP contribution >= 0.6 is 12.2 Å². The number of hydrogen-bond acceptors (Lipinski definition) is 3. The minimum Gasteiger partial charge on any atom is -0.392 e. The van der Waals surface area contributed by atoms with Gasteiger partial charge in [-0.3, -0.25) is 0 Å². The summed E-state index contributed by atoms with van der Waals surface area (Å²) >= 11 is 4.80. The maximum atomic E-state index is 11.9. The van der Waals surface area contributed by atoms with E-state index in [1.165, 1.54) is 12.1 Å². The lowest BCUT2D eigenvalue weighted by atomic mass is 10.1. The molecule has 0 heterocycles. The minimum absolute atomic E-state index is 0.104. The summed E-state index contributed by atoms with van der Waals surface area (Å²) in [6, 6.07) is 8.08. The van der Waals surface area contributed by atoms with E-state index in [1.54, 1.807) is 32.0 Å². The Kier molecular flexibility index (Phi) is 3.67. The highest BCUT2D eigenvalue weighted by Gasteiger charge is 2.28. The van der Waals surface area contributed by atoms with Gasteiger partial charge in [-0.15, -0.1) is 0 Å². The molecule has 0 amide bonds. The highest BCUT2D eigenvalue weighted by molar-refractivity contribution is 7.89. The van der Waals surface area contributed by atoms with Crippen molar-refractivity contribution in [3.8, 4) is 0 Å². The molecule has 0 aliphatic carbocycles. The molecule has 4 nitrogen and oxygen atoms in total. The van der Waals surface area contributed by atoms with Gasteiger partial charge in [-0.1, -0.05) is 30.4 Å². The largest absolute Gasteiger partial charge is 0.392 e. The van der Waals surface area contributed by atoms with Gasteiger partial charge in [0.1, 0.15) is 0 Å². The van der Waals surface area contributed by atoms with Crippen LogP contribution in [-0.2, 0) is 10.0 Å². The molecule has 1 aromatic rings. The van der Waals surface area contributed by atoms with Crippen LogP contribution in [0.5, 0.6) is 0 Å². The van der Waals surface area contributed by atoms with Crippen LogP contribution in [0.2, 0.25) is 0 Å². The molecule has 88 valence electrons. The van der Waals surface area contributed by atoms with E-state index in [2.05, 4.69) is 4.72 Å². The van der Waals surface area contributed by atoms with Gasteiger partial charge in [0.05, 0.1) is 15.4 Å². The Labute approximate surface area is 101 Å². The maximum absolute atomic E-state index is 11.9. The van der Waals surface area contributed by atoms with Crippen molar-refractivity contribution < 1.29 is 8.42 Å². The Morgan fingerprint density at radius 1 is 1.31 bits per heavy atom. The quantitative estimate of drug-likeness (QED) is 0.791. The molecule has 1 aromatic carbocycles. The Morgan fingerprint density at radius 3 is 2.25 bits per heavy atom. The number of rotatable bonds is 4. The van der Waals surface area contributed by atoms with Gasteiger partial charge in [0.15, 0.2) is 0 Å². The lowest BCUT2D eigenvalue weighted by Crippen LogP contribution is -2.51. The van der Waals surface area contributed by atoms with E-state index < -0.39 is 15.6 Å². The molecule has 0 aliphatic heterocycles. The van der Waals surface area contributed by atoms with Crippen molar-refractivity contribution >= 4 is 27.2 Å². The van der Waals surface area contributed by atoms with Gasteiger partial charge in [-0.25, -0.2) is 8.42 Å². The third-order valence-corrected chi connectivity index (χ3v) is 4.24. The fourth-order valence-electron chi connectivity index (χ4n) is 1.04. The Hall–Kier alpha value is -0.980. The highest BCUT2D eigenvalue weighted by Crippen LogP contribution is 2.12. The molecule has 16 heavy (non-hydrogen) atoms. The summed E-state index contributed by atoms with van der Waals surface area (Å²) in [6.45, 7) is 3.24. The van der Waals surface area contributed by atoms with Crippen LogP contribution in [-0.4, -0.2) is 18.9 Å². The van der Waals surface area contributed by atoms with E-state index in [4.69, 9.17) is 18.0 Å². The second kappa shape index (κ2) is 4.48. The number of nitrogens with two attached hydrogens (primary N) is 1. The first-order valence-electron chi connectivity index (χ1n) is 4.65. The molecule has 0 atom stereocenters. The zero-order valence-electron chi connectivity index (χ0n) is 9.10. The van der Waals surface area contributed by atoms with Gasteiger partial charge in [0, 0.05) is 0 Å². The topological polar surface area (TPSA) is 72.2 Å². The van der Waals surface area contributed by atoms with E-state index >= 15 is 0 Å². The number of benzene rings is 1. The average molecular weight is 258 g/mol. The monoisotopic (exact) mass is 258 g/mol. The van der Waals surface area contributed by atoms with Crippen LogP contribution in [0.15, 0.2) is 35.2 Å². The summed E-state index contributed by atoms with van der Waals surface area (Å²) < 4.78 is 26.3. The van der Waals surface area contributed by atoms with Crippen LogP contribution in [0.1, 0.15) is 13.8 Å². The van der Waals surface area contributed by atoms with E-state index in [-0.39, 0.29) is 9.88 Å². The van der Waals surface area contributed by atoms with Crippen molar-refractivity contribution in [2.75, 3.05) is 0 Å². The smallest absolute Gasteiger partial charge is 0.241 e. The fraction of sp³-hybridized carbons (Fsp3) is 0.300. The summed E-state index contributed by atoms with van der Waals surface area (Å²) in [7, 11) is -3.58. The molecule has 0 radical (unpaired) electrons. The maximum Gasteiger partial charge on any atom is 0.241 e. The number of sulfonamides is 1. The molecule has 0 unspecified atom stereocenters. The third-order valence-electron chi connectivity index (χ3n) is 2.06. The molecule has 0 spiro atoms. The van der Waals surface area contributed by atoms with Gasteiger partial charge in [0.25, 0.3) is 0 Å². The second-order valence-electron chi connectivity index (χ2n) is 3.91. The lowest BCUT2D eigenvalue weighted by Gasteiger charge is -2.24. The molecule has 0 saturated heterocycles. The van der Waals surface area contributed by atoms with Crippen LogP contribution in [0.25, 0.3) is 0 Å². The molecule has 0 aromatic heterocycles. The Morgan fingerprint density at radius 2 is 1.81 bits per heavy atom. The van der Waals surface area contributed by atoms with Crippen molar-refractivity contribution in [3.63, 3.8) is 0 Å². The summed E-state index contributed by atoms with van der Waals surface area (Å²) in [6.07, 6.45) is 0. The van der Waals surface area contributed by atoms with Crippen molar-refractivity contribution in [3.05, 3.63) is 30.3 Å². The van der Waals surface area contributed by atoms with E-state index in [1.807, 2.05) is 0 Å². The number of hydrogen-bond donors (Lipinski definition) is 2. The molecule has 6 heteroatoms. The zero-order valence-corrected chi connectivity index (χ0v) is 10.7. The molecule has 0 saturated carbocycles. The van der Waals surface area contributed by atoms with Crippen molar-refractivity contribution in [1.29, 1.82) is 0 Å². The second-order valence-corrected chi connectivity index (χ2v) is 6.03. The first kappa shape index (κ1) is 13.1. The van der Waals surface area contributed by atoms with Crippen LogP contribution in [0.4, 0.5) is 0 Å². The normalized spacial score (nSPS) is 12.4. The molecule has 0 aliphatic rings. The molecule has 3 N–H and O–H groups in total. The lowest BCUT2D eigenvalue weighted by molar-refractivity contribution is 0.546. The van der Waals surface area contributed by atoms with Gasteiger partial charge in [-0.05, 0) is 26.0 Å². The van der Waals surface area contributed by atoms with E-state index in [0.717, 1.165) is 0 Å². The van der Waals surface area contributed by atoms with Gasteiger partial charge >= 0.3 is 0 Å². The molecular weight excluding hydrogens is 244 g/mol. The molecule has 0 bridgehead atoms. The first-order chi connectivity index (χ1) is 7.26. The van der Waals surface area contributed by atoms with E-state index in [0.29, 0.717) is 0 Å². The Balaban J connectivity index is 3.03. The van der Waals surface area contributed by atoms with Crippen molar-refractivity contribution in [1.82, 2.24) is 4.72 Å². The summed E-state index contributed by atoms with van der Waals surface area (Å²) in [5.74, 6) is 0. The summed E-state index contributed by atoms with van der Waals surface area (Å²) in [5, 5.41) is 0. The minimum atomic E-state index is -3.58. The molecule has 0 fully saturated rings. The van der Waals surface area contributed by atoms with Crippen LogP contribution < -0.4 is 10.5 Å². The summed E-state index contributed by atoms with van der Waals surface area (Å²) in [4.78, 5) is 0.298. The van der Waals surface area contributed by atoms with Crippen LogP contribution in [0, 0.1) is 0 Å². The standard InChI is InChI=1S/C10H14N2O2S2/c1-10(2,9(11)15)12-16(13,14)8-6-4-3-5-7-8/h3-7,12H,1-2H3,(H2,11,15). The van der Waals surface area contributed by atoms with Crippen LogP contribution in [0.3, 0.4) is 0 Å². The van der Waals surface area contributed by atoms with Gasteiger partial charge < -0.3 is 5.73 Å². The summed E-state index contributed by atoms with van der Waals surface area (Å²) in [5.41, 5.74) is 4.52. The Bertz CT molecular complexity index is 481. The molecular formula is C10H14N2O2S2. The first-order valence-corrected chi connectivity index (χ1v) is 6.54. The van der Waals surface area contributed by atoms with Gasteiger partial charge in [0.2, 0.25) is 10.0 Å². The number of nitrogens with one attached hydrogen (secondary N) is 1. The predicted octanol–water partition coefficient (Wildman–Crippen LogP) is 1.03. The van der Waals surface area contributed by atoms with Gasteiger partial charge in [-0.2, -0.15) is 4.72 Å².